The standard InChI is InChI=1S/C23H20N4O3/c1-2-27-22(28)19(25-21-14-24-13-17-10-6-7-11-18(17)21)12-20(26-27)23(29)30-15-16-8-4-3-5-9-16/h3-14,25H,2,15H2,1H3. The van der Waals surface area contributed by atoms with Crippen molar-refractivity contribution in [2.24, 2.45) is 0 Å². The van der Waals surface area contributed by atoms with Crippen molar-refractivity contribution in [1.29, 1.82) is 0 Å². The van der Waals surface area contributed by atoms with E-state index >= 15 is 0 Å². The number of pyridine rings is 1. The summed E-state index contributed by atoms with van der Waals surface area (Å²) in [5, 5.41) is 9.11. The topological polar surface area (TPSA) is 86.1 Å². The van der Waals surface area contributed by atoms with Gasteiger partial charge in [-0.3, -0.25) is 9.78 Å². The Balaban J connectivity index is 1.65. The monoisotopic (exact) mass is 400 g/mol. The van der Waals surface area contributed by atoms with Gasteiger partial charge >= 0.3 is 5.97 Å². The SMILES string of the molecule is CCn1nc(C(=O)OCc2ccccc2)cc(Nc2cncc3ccccc23)c1=O. The molecule has 0 bridgehead atoms. The highest BCUT2D eigenvalue weighted by atomic mass is 16.5. The third kappa shape index (κ3) is 4.05. The normalized spacial score (nSPS) is 10.7. The number of esters is 1. The molecule has 2 aromatic heterocycles. The van der Waals surface area contributed by atoms with Crippen LogP contribution in [0.4, 0.5) is 11.4 Å². The second kappa shape index (κ2) is 8.57. The molecule has 2 heterocycles. The number of nitrogens with zero attached hydrogens (tertiary/aromatic N) is 3. The molecular weight excluding hydrogens is 380 g/mol. The summed E-state index contributed by atoms with van der Waals surface area (Å²) in [5.41, 5.74) is 1.50. The number of carbonyl (C=O) groups excluding carboxylic acids is 1. The van der Waals surface area contributed by atoms with E-state index in [0.717, 1.165) is 16.3 Å². The maximum atomic E-state index is 12.8. The number of hydrogen-bond donors (Lipinski definition) is 1. The molecule has 0 spiro atoms. The van der Waals surface area contributed by atoms with Gasteiger partial charge in [-0.15, -0.1) is 0 Å². The third-order valence-electron chi connectivity index (χ3n) is 4.63. The zero-order valence-electron chi connectivity index (χ0n) is 16.4. The van der Waals surface area contributed by atoms with Crippen molar-refractivity contribution in [2.45, 2.75) is 20.1 Å². The van der Waals surface area contributed by atoms with Crippen LogP contribution in [0.25, 0.3) is 10.8 Å². The Labute approximate surface area is 173 Å². The fraction of sp³-hybridized carbons (Fsp3) is 0.130. The summed E-state index contributed by atoms with van der Waals surface area (Å²) in [4.78, 5) is 29.6. The van der Waals surface area contributed by atoms with Crippen molar-refractivity contribution in [2.75, 3.05) is 5.32 Å². The smallest absolute Gasteiger partial charge is 0.359 e. The number of hydrogen-bond acceptors (Lipinski definition) is 6. The molecule has 2 aromatic carbocycles. The van der Waals surface area contributed by atoms with Gasteiger partial charge in [0.05, 0.1) is 11.9 Å². The fourth-order valence-corrected chi connectivity index (χ4v) is 3.10. The van der Waals surface area contributed by atoms with Gasteiger partial charge in [-0.2, -0.15) is 5.10 Å². The minimum atomic E-state index is -0.597. The molecule has 150 valence electrons. The van der Waals surface area contributed by atoms with Gasteiger partial charge in [0.15, 0.2) is 5.69 Å². The molecule has 0 saturated carbocycles. The first-order valence-corrected chi connectivity index (χ1v) is 9.58. The number of rotatable bonds is 6. The Hall–Kier alpha value is -4.00. The molecular formula is C23H20N4O3. The summed E-state index contributed by atoms with van der Waals surface area (Å²) in [5.74, 6) is -0.597. The van der Waals surface area contributed by atoms with E-state index < -0.39 is 5.97 Å². The molecule has 0 unspecified atom stereocenters. The Morgan fingerprint density at radius 3 is 2.60 bits per heavy atom. The number of aromatic nitrogens is 3. The van der Waals surface area contributed by atoms with E-state index in [4.69, 9.17) is 4.74 Å². The van der Waals surface area contributed by atoms with Gasteiger partial charge in [0.1, 0.15) is 12.3 Å². The van der Waals surface area contributed by atoms with E-state index in [9.17, 15) is 9.59 Å². The van der Waals surface area contributed by atoms with Crippen LogP contribution in [0.5, 0.6) is 0 Å². The van der Waals surface area contributed by atoms with Crippen molar-refractivity contribution >= 4 is 28.1 Å². The van der Waals surface area contributed by atoms with E-state index in [-0.39, 0.29) is 23.5 Å². The fourth-order valence-electron chi connectivity index (χ4n) is 3.10. The Bertz CT molecular complexity index is 1250. The second-order valence-electron chi connectivity index (χ2n) is 6.66. The lowest BCUT2D eigenvalue weighted by Crippen LogP contribution is -2.27. The van der Waals surface area contributed by atoms with E-state index in [1.54, 1.807) is 19.3 Å². The molecule has 0 fully saturated rings. The Morgan fingerprint density at radius 2 is 1.80 bits per heavy atom. The second-order valence-corrected chi connectivity index (χ2v) is 6.66. The van der Waals surface area contributed by atoms with Crippen molar-refractivity contribution in [3.63, 3.8) is 0 Å². The number of carbonyl (C=O) groups is 1. The van der Waals surface area contributed by atoms with Gasteiger partial charge in [-0.25, -0.2) is 9.48 Å². The molecule has 1 N–H and O–H groups in total. The quantitative estimate of drug-likeness (QED) is 0.494. The molecule has 0 aliphatic carbocycles. The highest BCUT2D eigenvalue weighted by Gasteiger charge is 2.16. The Morgan fingerprint density at radius 1 is 1.03 bits per heavy atom. The van der Waals surface area contributed by atoms with Crippen LogP contribution in [0, 0.1) is 0 Å². The van der Waals surface area contributed by atoms with E-state index in [0.29, 0.717) is 12.2 Å². The maximum absolute atomic E-state index is 12.8. The molecule has 0 radical (unpaired) electrons. The van der Waals surface area contributed by atoms with Gasteiger partial charge < -0.3 is 10.1 Å². The lowest BCUT2D eigenvalue weighted by molar-refractivity contribution is 0.0462. The van der Waals surface area contributed by atoms with Gasteiger partial charge in [0.25, 0.3) is 5.56 Å². The summed E-state index contributed by atoms with van der Waals surface area (Å²) in [6.07, 6.45) is 3.40. The first-order valence-electron chi connectivity index (χ1n) is 9.58. The number of nitrogens with one attached hydrogen (secondary N) is 1. The first kappa shape index (κ1) is 19.3. The molecule has 0 atom stereocenters. The zero-order chi connectivity index (χ0) is 20.9. The van der Waals surface area contributed by atoms with E-state index in [1.165, 1.54) is 10.7 Å². The summed E-state index contributed by atoms with van der Waals surface area (Å²) in [6.45, 7) is 2.24. The third-order valence-corrected chi connectivity index (χ3v) is 4.63. The van der Waals surface area contributed by atoms with Crippen LogP contribution in [0.1, 0.15) is 23.0 Å². The van der Waals surface area contributed by atoms with Crippen molar-refractivity contribution in [3.8, 4) is 0 Å². The summed E-state index contributed by atoms with van der Waals surface area (Å²) < 4.78 is 6.61. The molecule has 7 nitrogen and oxygen atoms in total. The number of fused-ring (bicyclic) bond motifs is 1. The molecule has 4 aromatic rings. The molecule has 4 rings (SSSR count). The molecule has 30 heavy (non-hydrogen) atoms. The number of aryl methyl sites for hydroxylation is 1. The average Bonchev–Trinajstić information content (AvgIpc) is 2.79. The highest BCUT2D eigenvalue weighted by molar-refractivity contribution is 5.95. The Kier molecular flexibility index (Phi) is 5.52. The van der Waals surface area contributed by atoms with Gasteiger partial charge in [0, 0.05) is 29.6 Å². The molecule has 0 aliphatic rings. The van der Waals surface area contributed by atoms with Crippen LogP contribution in [-0.4, -0.2) is 20.7 Å². The molecule has 7 heteroatoms. The van der Waals surface area contributed by atoms with E-state index in [1.807, 2.05) is 54.6 Å². The lowest BCUT2D eigenvalue weighted by Gasteiger charge is -2.12. The summed E-state index contributed by atoms with van der Waals surface area (Å²) >= 11 is 0. The van der Waals surface area contributed by atoms with Crippen LogP contribution < -0.4 is 10.9 Å². The maximum Gasteiger partial charge on any atom is 0.359 e. The van der Waals surface area contributed by atoms with Gasteiger partial charge in [-0.1, -0.05) is 54.6 Å². The summed E-state index contributed by atoms with van der Waals surface area (Å²) in [6, 6.07) is 18.5. The van der Waals surface area contributed by atoms with Gasteiger partial charge in [0.2, 0.25) is 0 Å². The lowest BCUT2D eigenvalue weighted by atomic mass is 10.1. The first-order chi connectivity index (χ1) is 14.7. The minimum absolute atomic E-state index is 0.0584. The van der Waals surface area contributed by atoms with Crippen LogP contribution >= 0.6 is 0 Å². The number of benzene rings is 2. The van der Waals surface area contributed by atoms with E-state index in [2.05, 4.69) is 15.4 Å². The molecule has 0 amide bonds. The molecule has 0 saturated heterocycles. The predicted octanol–water partition coefficient (Wildman–Crippen LogP) is 3.91. The van der Waals surface area contributed by atoms with Gasteiger partial charge in [-0.05, 0) is 12.5 Å². The van der Waals surface area contributed by atoms with Crippen molar-refractivity contribution < 1.29 is 9.53 Å². The van der Waals surface area contributed by atoms with Crippen molar-refractivity contribution in [1.82, 2.24) is 14.8 Å². The zero-order valence-corrected chi connectivity index (χ0v) is 16.4. The van der Waals surface area contributed by atoms with Crippen LogP contribution in [-0.2, 0) is 17.9 Å². The minimum Gasteiger partial charge on any atom is -0.456 e. The molecule has 0 aliphatic heterocycles. The van der Waals surface area contributed by atoms with Crippen LogP contribution in [0.15, 0.2) is 77.9 Å². The van der Waals surface area contributed by atoms with Crippen molar-refractivity contribution in [3.05, 3.63) is 94.7 Å². The summed E-state index contributed by atoms with van der Waals surface area (Å²) in [7, 11) is 0. The van der Waals surface area contributed by atoms with Crippen LogP contribution in [0.3, 0.4) is 0 Å². The average molecular weight is 400 g/mol. The highest BCUT2D eigenvalue weighted by Crippen LogP contribution is 2.24. The largest absolute Gasteiger partial charge is 0.456 e. The van der Waals surface area contributed by atoms with Crippen LogP contribution in [0.2, 0.25) is 0 Å². The predicted molar refractivity (Wildman–Crippen MR) is 115 cm³/mol. The number of ether oxygens (including phenoxy) is 1. The number of anilines is 2.